The summed E-state index contributed by atoms with van der Waals surface area (Å²) in [5.41, 5.74) is 4.62. The SMILES string of the molecule is CC1=CC(=Nc2cccc(CN(C)C)c2)C2C=CC=CC2N1. The van der Waals surface area contributed by atoms with Crippen LogP contribution in [-0.4, -0.2) is 30.7 Å². The Morgan fingerprint density at radius 2 is 2.00 bits per heavy atom. The Morgan fingerprint density at radius 3 is 2.82 bits per heavy atom. The summed E-state index contributed by atoms with van der Waals surface area (Å²) in [6, 6.07) is 8.81. The van der Waals surface area contributed by atoms with Crippen LogP contribution in [0.25, 0.3) is 0 Å². The van der Waals surface area contributed by atoms with E-state index in [9.17, 15) is 0 Å². The Balaban J connectivity index is 1.91. The molecule has 1 aromatic rings. The fraction of sp³-hybridized carbons (Fsp3) is 0.316. The summed E-state index contributed by atoms with van der Waals surface area (Å²) < 4.78 is 0. The van der Waals surface area contributed by atoms with E-state index in [4.69, 9.17) is 4.99 Å². The molecule has 0 bridgehead atoms. The van der Waals surface area contributed by atoms with Crippen LogP contribution in [0.3, 0.4) is 0 Å². The molecule has 2 unspecified atom stereocenters. The Kier molecular flexibility index (Phi) is 4.25. The summed E-state index contributed by atoms with van der Waals surface area (Å²) in [4.78, 5) is 7.09. The van der Waals surface area contributed by atoms with Gasteiger partial charge in [-0.1, -0.05) is 36.4 Å². The lowest BCUT2D eigenvalue weighted by atomic mass is 9.87. The Bertz CT molecular complexity index is 665. The Labute approximate surface area is 132 Å². The molecule has 1 heterocycles. The van der Waals surface area contributed by atoms with Gasteiger partial charge in [0.25, 0.3) is 0 Å². The topological polar surface area (TPSA) is 27.6 Å². The van der Waals surface area contributed by atoms with Gasteiger partial charge in [0.2, 0.25) is 0 Å². The van der Waals surface area contributed by atoms with Gasteiger partial charge in [-0.05, 0) is 44.8 Å². The number of rotatable bonds is 3. The van der Waals surface area contributed by atoms with Crippen molar-refractivity contribution in [3.05, 3.63) is 65.9 Å². The van der Waals surface area contributed by atoms with Crippen molar-refractivity contribution in [3.8, 4) is 0 Å². The van der Waals surface area contributed by atoms with Gasteiger partial charge in [-0.3, -0.25) is 4.99 Å². The maximum absolute atomic E-state index is 4.92. The van der Waals surface area contributed by atoms with Crippen molar-refractivity contribution < 1.29 is 0 Å². The van der Waals surface area contributed by atoms with Gasteiger partial charge in [-0.25, -0.2) is 0 Å². The molecule has 0 saturated carbocycles. The number of allylic oxidation sites excluding steroid dienone is 4. The van der Waals surface area contributed by atoms with Crippen LogP contribution in [-0.2, 0) is 6.54 Å². The van der Waals surface area contributed by atoms with Gasteiger partial charge in [-0.15, -0.1) is 0 Å². The zero-order valence-electron chi connectivity index (χ0n) is 13.5. The minimum absolute atomic E-state index is 0.311. The van der Waals surface area contributed by atoms with Crippen LogP contribution in [0.2, 0.25) is 0 Å². The zero-order valence-corrected chi connectivity index (χ0v) is 13.5. The highest BCUT2D eigenvalue weighted by Gasteiger charge is 2.26. The number of nitrogens with zero attached hydrogens (tertiary/aromatic N) is 2. The molecule has 22 heavy (non-hydrogen) atoms. The minimum Gasteiger partial charge on any atom is -0.381 e. The summed E-state index contributed by atoms with van der Waals surface area (Å²) in [6.45, 7) is 3.03. The smallest absolute Gasteiger partial charge is 0.0636 e. The second-order valence-electron chi connectivity index (χ2n) is 6.24. The molecule has 114 valence electrons. The summed E-state index contributed by atoms with van der Waals surface area (Å²) in [7, 11) is 4.17. The minimum atomic E-state index is 0.311. The first-order chi connectivity index (χ1) is 10.6. The van der Waals surface area contributed by atoms with Crippen molar-refractivity contribution in [2.45, 2.75) is 19.5 Å². The molecule has 0 spiro atoms. The maximum atomic E-state index is 4.92. The molecule has 1 N–H and O–H groups in total. The van der Waals surface area contributed by atoms with E-state index in [-0.39, 0.29) is 0 Å². The fourth-order valence-corrected chi connectivity index (χ4v) is 3.00. The second kappa shape index (κ2) is 6.32. The van der Waals surface area contributed by atoms with Crippen molar-refractivity contribution >= 4 is 11.4 Å². The quantitative estimate of drug-likeness (QED) is 0.924. The van der Waals surface area contributed by atoms with E-state index in [1.54, 1.807) is 0 Å². The van der Waals surface area contributed by atoms with E-state index in [0.717, 1.165) is 17.9 Å². The summed E-state index contributed by atoms with van der Waals surface area (Å²) in [5, 5.41) is 3.51. The van der Waals surface area contributed by atoms with Crippen LogP contribution in [0, 0.1) is 5.92 Å². The van der Waals surface area contributed by atoms with Gasteiger partial charge in [0, 0.05) is 18.2 Å². The number of aliphatic imine (C=N–C) groups is 1. The van der Waals surface area contributed by atoms with Crippen molar-refractivity contribution in [2.24, 2.45) is 10.9 Å². The van der Waals surface area contributed by atoms with Gasteiger partial charge in [0.05, 0.1) is 17.4 Å². The van der Waals surface area contributed by atoms with Crippen molar-refractivity contribution in [3.63, 3.8) is 0 Å². The first kappa shape index (κ1) is 14.8. The van der Waals surface area contributed by atoms with E-state index in [1.165, 1.54) is 11.3 Å². The molecule has 1 aliphatic carbocycles. The van der Waals surface area contributed by atoms with Gasteiger partial charge in [0.1, 0.15) is 0 Å². The highest BCUT2D eigenvalue weighted by molar-refractivity contribution is 6.01. The first-order valence-electron chi connectivity index (χ1n) is 7.74. The fourth-order valence-electron chi connectivity index (χ4n) is 3.00. The van der Waals surface area contributed by atoms with E-state index >= 15 is 0 Å². The third-order valence-electron chi connectivity index (χ3n) is 3.90. The molecule has 3 heteroatoms. The molecule has 0 saturated heterocycles. The van der Waals surface area contributed by atoms with E-state index in [2.05, 4.69) is 85.9 Å². The van der Waals surface area contributed by atoms with Gasteiger partial charge in [-0.2, -0.15) is 0 Å². The maximum Gasteiger partial charge on any atom is 0.0636 e. The molecule has 3 rings (SSSR count). The van der Waals surface area contributed by atoms with Gasteiger partial charge in [0.15, 0.2) is 0 Å². The third-order valence-corrected chi connectivity index (χ3v) is 3.90. The molecule has 0 radical (unpaired) electrons. The monoisotopic (exact) mass is 293 g/mol. The summed E-state index contributed by atoms with van der Waals surface area (Å²) in [6.07, 6.45) is 10.8. The van der Waals surface area contributed by atoms with Crippen LogP contribution < -0.4 is 5.32 Å². The van der Waals surface area contributed by atoms with Crippen LogP contribution in [0.5, 0.6) is 0 Å². The van der Waals surface area contributed by atoms with Crippen LogP contribution >= 0.6 is 0 Å². The molecule has 2 aliphatic rings. The van der Waals surface area contributed by atoms with Crippen molar-refractivity contribution in [1.29, 1.82) is 0 Å². The summed E-state index contributed by atoms with van der Waals surface area (Å²) in [5.74, 6) is 0.311. The number of hydrogen-bond donors (Lipinski definition) is 1. The molecule has 1 aliphatic heterocycles. The largest absolute Gasteiger partial charge is 0.381 e. The Morgan fingerprint density at radius 1 is 1.18 bits per heavy atom. The molecular weight excluding hydrogens is 270 g/mol. The average Bonchev–Trinajstić information content (AvgIpc) is 2.46. The van der Waals surface area contributed by atoms with Crippen LogP contribution in [0.4, 0.5) is 5.69 Å². The Hall–Kier alpha value is -2.13. The van der Waals surface area contributed by atoms with Crippen LogP contribution in [0.15, 0.2) is 65.3 Å². The number of hydrogen-bond acceptors (Lipinski definition) is 3. The lowest BCUT2D eigenvalue weighted by molar-refractivity contribution is 0.402. The van der Waals surface area contributed by atoms with Crippen LogP contribution in [0.1, 0.15) is 12.5 Å². The lowest BCUT2D eigenvalue weighted by Crippen LogP contribution is -2.41. The second-order valence-corrected chi connectivity index (χ2v) is 6.24. The highest BCUT2D eigenvalue weighted by Crippen LogP contribution is 2.24. The van der Waals surface area contributed by atoms with Gasteiger partial charge < -0.3 is 10.2 Å². The predicted octanol–water partition coefficient (Wildman–Crippen LogP) is 3.44. The molecule has 1 aromatic carbocycles. The first-order valence-corrected chi connectivity index (χ1v) is 7.74. The number of nitrogens with one attached hydrogen (secondary N) is 1. The van der Waals surface area contributed by atoms with E-state index in [1.807, 2.05) is 0 Å². The molecule has 0 fully saturated rings. The molecule has 0 amide bonds. The lowest BCUT2D eigenvalue weighted by Gasteiger charge is -2.31. The highest BCUT2D eigenvalue weighted by atomic mass is 15.0. The van der Waals surface area contributed by atoms with Crippen molar-refractivity contribution in [2.75, 3.05) is 14.1 Å². The predicted molar refractivity (Wildman–Crippen MR) is 93.4 cm³/mol. The van der Waals surface area contributed by atoms with E-state index < -0.39 is 0 Å². The van der Waals surface area contributed by atoms with E-state index in [0.29, 0.717) is 12.0 Å². The molecular formula is C19H23N3. The third kappa shape index (κ3) is 3.37. The molecule has 0 aromatic heterocycles. The van der Waals surface area contributed by atoms with Gasteiger partial charge >= 0.3 is 0 Å². The number of fused-ring (bicyclic) bond motifs is 1. The average molecular weight is 293 g/mol. The molecule has 3 nitrogen and oxygen atoms in total. The zero-order chi connectivity index (χ0) is 15.5. The van der Waals surface area contributed by atoms with Crippen molar-refractivity contribution in [1.82, 2.24) is 10.2 Å². The normalized spacial score (nSPS) is 25.1. The standard InChI is InChI=1S/C19H23N3/c1-14-11-19(17-9-4-5-10-18(17)20-14)21-16-8-6-7-15(12-16)13-22(2)3/h4-12,17-18,20H,13H2,1-3H3. The summed E-state index contributed by atoms with van der Waals surface area (Å²) >= 11 is 0. The number of benzene rings is 1. The molecule has 2 atom stereocenters.